The van der Waals surface area contributed by atoms with Crippen molar-refractivity contribution in [2.45, 2.75) is 25.4 Å². The number of carbonyl (C=O) groups is 2. The zero-order valence-corrected chi connectivity index (χ0v) is 17.1. The maximum absolute atomic E-state index is 13.2. The number of amides is 2. The third-order valence-corrected chi connectivity index (χ3v) is 5.34. The summed E-state index contributed by atoms with van der Waals surface area (Å²) < 4.78 is 13.2. The summed E-state index contributed by atoms with van der Waals surface area (Å²) in [5.41, 5.74) is 3.28. The van der Waals surface area contributed by atoms with Gasteiger partial charge in [0, 0.05) is 30.9 Å². The van der Waals surface area contributed by atoms with E-state index in [1.165, 1.54) is 24.3 Å². The summed E-state index contributed by atoms with van der Waals surface area (Å²) in [4.78, 5) is 26.7. The minimum absolute atomic E-state index is 0.160. The Morgan fingerprint density at radius 3 is 2.32 bits per heavy atom. The van der Waals surface area contributed by atoms with Gasteiger partial charge in [0.1, 0.15) is 11.9 Å². The average molecular weight is 417 g/mol. The lowest BCUT2D eigenvalue weighted by Crippen LogP contribution is -2.32. The number of nitrogens with one attached hydrogen (secondary N) is 2. The first-order valence-electron chi connectivity index (χ1n) is 10.3. The van der Waals surface area contributed by atoms with E-state index < -0.39 is 6.04 Å². The van der Waals surface area contributed by atoms with Gasteiger partial charge in [-0.2, -0.15) is 0 Å². The van der Waals surface area contributed by atoms with Gasteiger partial charge in [-0.05, 0) is 53.9 Å². The first kappa shape index (κ1) is 20.8. The highest BCUT2D eigenvalue weighted by Crippen LogP contribution is 2.22. The molecule has 31 heavy (non-hydrogen) atoms. The zero-order valence-electron chi connectivity index (χ0n) is 17.1. The Bertz CT molecular complexity index is 1040. The van der Waals surface area contributed by atoms with Crippen molar-refractivity contribution < 1.29 is 14.0 Å². The summed E-state index contributed by atoms with van der Waals surface area (Å²) in [5.74, 6) is -0.417. The molecule has 5 nitrogen and oxygen atoms in total. The van der Waals surface area contributed by atoms with Crippen LogP contribution in [-0.2, 0) is 16.1 Å². The molecule has 1 heterocycles. The third-order valence-electron chi connectivity index (χ3n) is 5.34. The molecule has 2 amide bonds. The summed E-state index contributed by atoms with van der Waals surface area (Å²) in [6.07, 6.45) is 1.50. The molecule has 0 aromatic heterocycles. The maximum atomic E-state index is 13.2. The van der Waals surface area contributed by atoms with Gasteiger partial charge in [-0.1, -0.05) is 42.5 Å². The molecular weight excluding hydrogens is 393 g/mol. The normalized spacial score (nSPS) is 14.5. The molecule has 0 spiro atoms. The Kier molecular flexibility index (Phi) is 6.38. The number of nitrogens with zero attached hydrogens (tertiary/aromatic N) is 1. The molecule has 0 saturated carbocycles. The standard InChI is InChI=1S/C25H24FN3O2/c26-20-10-12-21(13-11-20)28-25(31)24(19-5-2-1-3-6-19)27-17-18-8-14-22(15-9-18)29-16-4-7-23(29)30/h1-3,5-6,8-15,24,27H,4,7,16-17H2,(H,28,31)/t24-/m1/s1. The van der Waals surface area contributed by atoms with Crippen LogP contribution in [0.25, 0.3) is 0 Å². The minimum atomic E-state index is -0.578. The molecule has 1 saturated heterocycles. The molecule has 3 aromatic rings. The van der Waals surface area contributed by atoms with Crippen LogP contribution in [0.3, 0.4) is 0 Å². The van der Waals surface area contributed by atoms with Crippen LogP contribution in [-0.4, -0.2) is 18.4 Å². The molecule has 0 unspecified atom stereocenters. The molecular formula is C25H24FN3O2. The number of hydrogen-bond donors (Lipinski definition) is 2. The number of halogens is 1. The van der Waals surface area contributed by atoms with Crippen molar-refractivity contribution in [1.29, 1.82) is 0 Å². The van der Waals surface area contributed by atoms with Crippen LogP contribution in [0.2, 0.25) is 0 Å². The summed E-state index contributed by atoms with van der Waals surface area (Å²) >= 11 is 0. The van der Waals surface area contributed by atoms with Gasteiger partial charge in [-0.3, -0.25) is 14.9 Å². The Morgan fingerprint density at radius 1 is 0.968 bits per heavy atom. The summed E-state index contributed by atoms with van der Waals surface area (Å²) in [5, 5.41) is 6.16. The zero-order chi connectivity index (χ0) is 21.6. The van der Waals surface area contributed by atoms with Crippen molar-refractivity contribution in [3.8, 4) is 0 Å². The van der Waals surface area contributed by atoms with Gasteiger partial charge in [0.15, 0.2) is 0 Å². The topological polar surface area (TPSA) is 61.4 Å². The van der Waals surface area contributed by atoms with Crippen molar-refractivity contribution in [3.63, 3.8) is 0 Å². The number of benzene rings is 3. The molecule has 1 aliphatic rings. The van der Waals surface area contributed by atoms with Crippen LogP contribution in [0.4, 0.5) is 15.8 Å². The molecule has 3 aromatic carbocycles. The smallest absolute Gasteiger partial charge is 0.246 e. The van der Waals surface area contributed by atoms with Gasteiger partial charge in [-0.15, -0.1) is 0 Å². The van der Waals surface area contributed by atoms with Crippen molar-refractivity contribution in [3.05, 3.63) is 95.8 Å². The molecule has 158 valence electrons. The predicted molar refractivity (Wildman–Crippen MR) is 119 cm³/mol. The fraction of sp³-hybridized carbons (Fsp3) is 0.200. The van der Waals surface area contributed by atoms with Crippen molar-refractivity contribution in [1.82, 2.24) is 5.32 Å². The van der Waals surface area contributed by atoms with E-state index >= 15 is 0 Å². The molecule has 1 aliphatic heterocycles. The summed E-state index contributed by atoms with van der Waals surface area (Å²) in [6, 6.07) is 22.4. The van der Waals surface area contributed by atoms with Crippen LogP contribution in [0.15, 0.2) is 78.9 Å². The van der Waals surface area contributed by atoms with Crippen LogP contribution in [0.1, 0.15) is 30.0 Å². The number of anilines is 2. The van der Waals surface area contributed by atoms with E-state index in [1.807, 2.05) is 54.6 Å². The molecule has 0 bridgehead atoms. The molecule has 2 N–H and O–H groups in total. The van der Waals surface area contributed by atoms with Gasteiger partial charge < -0.3 is 10.2 Å². The SMILES string of the molecule is O=C(Nc1ccc(F)cc1)[C@H](NCc1ccc(N2CCCC2=O)cc1)c1ccccc1. The second-order valence-electron chi connectivity index (χ2n) is 7.54. The van der Waals surface area contributed by atoms with E-state index in [4.69, 9.17) is 0 Å². The van der Waals surface area contributed by atoms with E-state index in [1.54, 1.807) is 4.90 Å². The Labute approximate surface area is 180 Å². The number of hydrogen-bond acceptors (Lipinski definition) is 3. The van der Waals surface area contributed by atoms with Crippen molar-refractivity contribution in [2.75, 3.05) is 16.8 Å². The van der Waals surface area contributed by atoms with E-state index in [0.29, 0.717) is 18.7 Å². The first-order valence-corrected chi connectivity index (χ1v) is 10.3. The highest BCUT2D eigenvalue weighted by Gasteiger charge is 2.22. The lowest BCUT2D eigenvalue weighted by Gasteiger charge is -2.20. The molecule has 0 radical (unpaired) electrons. The van der Waals surface area contributed by atoms with Gasteiger partial charge in [0.05, 0.1) is 0 Å². The Hall–Kier alpha value is -3.51. The van der Waals surface area contributed by atoms with Gasteiger partial charge in [0.25, 0.3) is 0 Å². The molecule has 0 aliphatic carbocycles. The molecule has 4 rings (SSSR count). The van der Waals surface area contributed by atoms with E-state index in [2.05, 4.69) is 10.6 Å². The Balaban J connectivity index is 1.45. The van der Waals surface area contributed by atoms with Crippen LogP contribution in [0.5, 0.6) is 0 Å². The molecule has 1 fully saturated rings. The van der Waals surface area contributed by atoms with Crippen LogP contribution < -0.4 is 15.5 Å². The van der Waals surface area contributed by atoms with Crippen molar-refractivity contribution >= 4 is 23.2 Å². The molecule has 6 heteroatoms. The van der Waals surface area contributed by atoms with E-state index in [0.717, 1.165) is 29.8 Å². The highest BCUT2D eigenvalue weighted by molar-refractivity contribution is 5.96. The quantitative estimate of drug-likeness (QED) is 0.598. The lowest BCUT2D eigenvalue weighted by atomic mass is 10.1. The van der Waals surface area contributed by atoms with Crippen LogP contribution in [0, 0.1) is 5.82 Å². The fourth-order valence-electron chi connectivity index (χ4n) is 3.69. The van der Waals surface area contributed by atoms with Crippen molar-refractivity contribution in [2.24, 2.45) is 0 Å². The van der Waals surface area contributed by atoms with E-state index in [9.17, 15) is 14.0 Å². The van der Waals surface area contributed by atoms with Gasteiger partial charge >= 0.3 is 0 Å². The molecule has 1 atom stereocenters. The largest absolute Gasteiger partial charge is 0.324 e. The number of carbonyl (C=O) groups excluding carboxylic acids is 2. The highest BCUT2D eigenvalue weighted by atomic mass is 19.1. The van der Waals surface area contributed by atoms with Crippen LogP contribution >= 0.6 is 0 Å². The number of rotatable bonds is 7. The second kappa shape index (κ2) is 9.53. The first-order chi connectivity index (χ1) is 15.1. The average Bonchev–Trinajstić information content (AvgIpc) is 3.22. The summed E-state index contributed by atoms with van der Waals surface area (Å²) in [7, 11) is 0. The lowest BCUT2D eigenvalue weighted by molar-refractivity contribution is -0.118. The second-order valence-corrected chi connectivity index (χ2v) is 7.54. The Morgan fingerprint density at radius 2 is 1.68 bits per heavy atom. The maximum Gasteiger partial charge on any atom is 0.246 e. The van der Waals surface area contributed by atoms with E-state index in [-0.39, 0.29) is 17.6 Å². The van der Waals surface area contributed by atoms with Gasteiger partial charge in [-0.25, -0.2) is 4.39 Å². The minimum Gasteiger partial charge on any atom is -0.324 e. The fourth-order valence-corrected chi connectivity index (χ4v) is 3.69. The predicted octanol–water partition coefficient (Wildman–Crippen LogP) is 4.42. The van der Waals surface area contributed by atoms with Gasteiger partial charge in [0.2, 0.25) is 11.8 Å². The summed E-state index contributed by atoms with van der Waals surface area (Å²) in [6.45, 7) is 1.24. The third kappa shape index (κ3) is 5.16. The monoisotopic (exact) mass is 417 g/mol.